The molecule has 0 spiro atoms. The molecule has 0 atom stereocenters. The Hall–Kier alpha value is -2.77. The van der Waals surface area contributed by atoms with Gasteiger partial charge >= 0.3 is 0 Å². The Kier molecular flexibility index (Phi) is 4.05. The number of ether oxygens (including phenoxy) is 1. The molecule has 1 heterocycles. The zero-order chi connectivity index (χ0) is 16.4. The topological polar surface area (TPSA) is 65.9 Å². The molecule has 114 valence electrons. The van der Waals surface area contributed by atoms with Gasteiger partial charge in [-0.05, 0) is 31.2 Å². The van der Waals surface area contributed by atoms with E-state index in [1.807, 2.05) is 37.3 Å². The van der Waals surface area contributed by atoms with Crippen molar-refractivity contribution in [3.63, 3.8) is 0 Å². The highest BCUT2D eigenvalue weighted by molar-refractivity contribution is 6.32. The number of nitrogens with zero attached hydrogens (tertiary/aromatic N) is 1. The summed E-state index contributed by atoms with van der Waals surface area (Å²) in [4.78, 5) is 15.7. The fourth-order valence-electron chi connectivity index (χ4n) is 2.54. The van der Waals surface area contributed by atoms with E-state index in [4.69, 9.17) is 21.6 Å². The molecule has 0 aliphatic heterocycles. The van der Waals surface area contributed by atoms with Crippen LogP contribution in [0, 0.1) is 18.3 Å². The number of fused-ring (bicyclic) bond motifs is 1. The third kappa shape index (κ3) is 2.92. The van der Waals surface area contributed by atoms with Gasteiger partial charge in [-0.1, -0.05) is 29.8 Å². The van der Waals surface area contributed by atoms with Crippen molar-refractivity contribution >= 4 is 28.3 Å². The minimum absolute atomic E-state index is 0.117. The Morgan fingerprint density at radius 1 is 1.30 bits per heavy atom. The molecule has 0 saturated heterocycles. The third-order valence-electron chi connectivity index (χ3n) is 3.59. The van der Waals surface area contributed by atoms with Crippen molar-refractivity contribution in [1.82, 2.24) is 4.98 Å². The fourth-order valence-corrected chi connectivity index (χ4v) is 2.77. The zero-order valence-corrected chi connectivity index (χ0v) is 13.1. The van der Waals surface area contributed by atoms with Crippen LogP contribution in [-0.2, 0) is 0 Å². The first kappa shape index (κ1) is 15.1. The first-order valence-corrected chi connectivity index (χ1v) is 7.41. The van der Waals surface area contributed by atoms with Crippen molar-refractivity contribution in [2.45, 2.75) is 6.92 Å². The van der Waals surface area contributed by atoms with Crippen LogP contribution >= 0.6 is 11.6 Å². The summed E-state index contributed by atoms with van der Waals surface area (Å²) in [6, 6.07) is 14.3. The monoisotopic (exact) mass is 324 g/mol. The number of Topliss-reactive ketones (excluding diaryl/α,β-unsaturated/α-hetero) is 1. The van der Waals surface area contributed by atoms with Gasteiger partial charge < -0.3 is 9.72 Å². The Bertz CT molecular complexity index is 938. The highest BCUT2D eigenvalue weighted by Gasteiger charge is 2.16. The highest BCUT2D eigenvalue weighted by atomic mass is 35.5. The van der Waals surface area contributed by atoms with Crippen molar-refractivity contribution < 1.29 is 9.53 Å². The van der Waals surface area contributed by atoms with Crippen LogP contribution in [0.5, 0.6) is 5.75 Å². The van der Waals surface area contributed by atoms with Gasteiger partial charge in [0.15, 0.2) is 6.61 Å². The van der Waals surface area contributed by atoms with Gasteiger partial charge in [0.05, 0.1) is 16.7 Å². The van der Waals surface area contributed by atoms with E-state index in [1.165, 1.54) is 6.07 Å². The van der Waals surface area contributed by atoms with Crippen LogP contribution in [0.3, 0.4) is 0 Å². The van der Waals surface area contributed by atoms with Crippen LogP contribution in [0.1, 0.15) is 21.6 Å². The van der Waals surface area contributed by atoms with Crippen LogP contribution in [0.4, 0.5) is 0 Å². The summed E-state index contributed by atoms with van der Waals surface area (Å²) < 4.78 is 5.52. The SMILES string of the molecule is Cc1[nH]c2ccccc2c1C(=O)COc1ccc(C#N)cc1Cl. The standard InChI is InChI=1S/C18H13ClN2O2/c1-11-18(13-4-2-3-5-15(13)21-11)16(22)10-23-17-7-6-12(9-20)8-14(17)19/h2-8,21H,10H2,1H3. The predicted molar refractivity (Wildman–Crippen MR) is 89.0 cm³/mol. The van der Waals surface area contributed by atoms with E-state index in [9.17, 15) is 4.79 Å². The number of para-hydroxylation sites is 1. The number of H-pyrrole nitrogens is 1. The number of nitrogens with one attached hydrogen (secondary N) is 1. The molecule has 0 bridgehead atoms. The minimum Gasteiger partial charge on any atom is -0.484 e. The fraction of sp³-hybridized carbons (Fsp3) is 0.111. The maximum absolute atomic E-state index is 12.5. The molecule has 0 aliphatic carbocycles. The van der Waals surface area contributed by atoms with Crippen LogP contribution in [0.25, 0.3) is 10.9 Å². The molecule has 0 unspecified atom stereocenters. The molecule has 3 rings (SSSR count). The first-order valence-electron chi connectivity index (χ1n) is 7.03. The normalized spacial score (nSPS) is 10.5. The second-order valence-corrected chi connectivity index (χ2v) is 5.55. The molecule has 3 aromatic rings. The quantitative estimate of drug-likeness (QED) is 0.729. The van der Waals surface area contributed by atoms with Crippen molar-refractivity contribution in [2.75, 3.05) is 6.61 Å². The number of aromatic amines is 1. The van der Waals surface area contributed by atoms with Gasteiger partial charge in [0.1, 0.15) is 5.75 Å². The summed E-state index contributed by atoms with van der Waals surface area (Å²) in [6.45, 7) is 1.75. The van der Waals surface area contributed by atoms with Gasteiger partial charge in [0.2, 0.25) is 5.78 Å². The van der Waals surface area contributed by atoms with E-state index in [0.29, 0.717) is 21.9 Å². The molecular formula is C18H13ClN2O2. The van der Waals surface area contributed by atoms with Crippen molar-refractivity contribution in [2.24, 2.45) is 0 Å². The van der Waals surface area contributed by atoms with Crippen LogP contribution in [0.15, 0.2) is 42.5 Å². The third-order valence-corrected chi connectivity index (χ3v) is 3.89. The Morgan fingerprint density at radius 3 is 2.83 bits per heavy atom. The maximum Gasteiger partial charge on any atom is 0.202 e. The van der Waals surface area contributed by atoms with Crippen molar-refractivity contribution in [3.8, 4) is 11.8 Å². The lowest BCUT2D eigenvalue weighted by molar-refractivity contribution is 0.0922. The molecule has 0 amide bonds. The molecule has 4 nitrogen and oxygen atoms in total. The Balaban J connectivity index is 1.82. The molecule has 0 radical (unpaired) electrons. The lowest BCUT2D eigenvalue weighted by Crippen LogP contribution is -2.12. The van der Waals surface area contributed by atoms with Gasteiger partial charge in [0.25, 0.3) is 0 Å². The van der Waals surface area contributed by atoms with Crippen LogP contribution in [-0.4, -0.2) is 17.4 Å². The van der Waals surface area contributed by atoms with E-state index >= 15 is 0 Å². The minimum atomic E-state index is -0.125. The lowest BCUT2D eigenvalue weighted by Gasteiger charge is -2.07. The number of benzene rings is 2. The summed E-state index contributed by atoms with van der Waals surface area (Å²) in [5, 5.41) is 10.0. The van der Waals surface area contributed by atoms with E-state index in [1.54, 1.807) is 12.1 Å². The Morgan fingerprint density at radius 2 is 2.09 bits per heavy atom. The number of aromatic nitrogens is 1. The number of rotatable bonds is 4. The van der Waals surface area contributed by atoms with Gasteiger partial charge in [-0.3, -0.25) is 4.79 Å². The molecular weight excluding hydrogens is 312 g/mol. The van der Waals surface area contributed by atoms with Crippen molar-refractivity contribution in [1.29, 1.82) is 5.26 Å². The number of ketones is 1. The van der Waals surface area contributed by atoms with E-state index in [-0.39, 0.29) is 12.4 Å². The van der Waals surface area contributed by atoms with E-state index in [0.717, 1.165) is 16.6 Å². The number of hydrogen-bond donors (Lipinski definition) is 1. The maximum atomic E-state index is 12.5. The number of hydrogen-bond acceptors (Lipinski definition) is 3. The summed E-state index contributed by atoms with van der Waals surface area (Å²) in [7, 11) is 0. The lowest BCUT2D eigenvalue weighted by atomic mass is 10.1. The predicted octanol–water partition coefficient (Wildman–Crippen LogP) is 4.26. The van der Waals surface area contributed by atoms with Gasteiger partial charge in [-0.2, -0.15) is 5.26 Å². The molecule has 0 aliphatic rings. The van der Waals surface area contributed by atoms with Crippen LogP contribution in [0.2, 0.25) is 5.02 Å². The smallest absolute Gasteiger partial charge is 0.202 e. The molecule has 1 aromatic heterocycles. The largest absolute Gasteiger partial charge is 0.484 e. The molecule has 23 heavy (non-hydrogen) atoms. The van der Waals surface area contributed by atoms with Gasteiger partial charge in [0, 0.05) is 22.2 Å². The second-order valence-electron chi connectivity index (χ2n) is 5.14. The first-order chi connectivity index (χ1) is 11.1. The molecule has 1 N–H and O–H groups in total. The van der Waals surface area contributed by atoms with Crippen molar-refractivity contribution in [3.05, 3.63) is 64.3 Å². The van der Waals surface area contributed by atoms with E-state index < -0.39 is 0 Å². The molecule has 2 aromatic carbocycles. The average Bonchev–Trinajstić information content (AvgIpc) is 2.89. The van der Waals surface area contributed by atoms with Gasteiger partial charge in [-0.25, -0.2) is 0 Å². The number of halogens is 1. The number of nitriles is 1. The second kappa shape index (κ2) is 6.15. The van der Waals surface area contributed by atoms with Gasteiger partial charge in [-0.15, -0.1) is 0 Å². The summed E-state index contributed by atoms with van der Waals surface area (Å²) in [6.07, 6.45) is 0. The summed E-state index contributed by atoms with van der Waals surface area (Å²) >= 11 is 6.05. The number of carbonyl (C=O) groups is 1. The summed E-state index contributed by atoms with van der Waals surface area (Å²) in [5.41, 5.74) is 2.81. The average molecular weight is 325 g/mol. The van der Waals surface area contributed by atoms with Crippen LogP contribution < -0.4 is 4.74 Å². The molecule has 5 heteroatoms. The van der Waals surface area contributed by atoms with E-state index in [2.05, 4.69) is 4.98 Å². The Labute approximate surface area is 138 Å². The zero-order valence-electron chi connectivity index (χ0n) is 12.4. The summed E-state index contributed by atoms with van der Waals surface area (Å²) in [5.74, 6) is 0.261. The molecule has 0 saturated carbocycles. The highest BCUT2D eigenvalue weighted by Crippen LogP contribution is 2.26. The number of carbonyl (C=O) groups excluding carboxylic acids is 1. The molecule has 0 fully saturated rings. The number of aryl methyl sites for hydroxylation is 1.